The van der Waals surface area contributed by atoms with Crippen LogP contribution >= 0.6 is 12.4 Å². The van der Waals surface area contributed by atoms with Crippen molar-refractivity contribution in [2.24, 2.45) is 5.73 Å². The summed E-state index contributed by atoms with van der Waals surface area (Å²) in [5.41, 5.74) is 7.97. The normalized spacial score (nSPS) is 13.9. The van der Waals surface area contributed by atoms with Gasteiger partial charge in [0, 0.05) is 12.6 Å². The monoisotopic (exact) mass is 268 g/mol. The minimum Gasteiger partial charge on any atom is -0.334 e. The largest absolute Gasteiger partial charge is 0.334 e. The molecule has 1 aliphatic carbocycles. The number of hydrogen-bond donors (Lipinski definition) is 1. The Kier molecular flexibility index (Phi) is 5.63. The highest BCUT2D eigenvalue weighted by Gasteiger charge is 2.31. The van der Waals surface area contributed by atoms with E-state index >= 15 is 0 Å². The van der Waals surface area contributed by atoms with Crippen molar-refractivity contribution in [2.45, 2.75) is 38.8 Å². The highest BCUT2D eigenvalue weighted by Crippen LogP contribution is 2.28. The van der Waals surface area contributed by atoms with E-state index in [1.54, 1.807) is 0 Å². The number of carbonyl (C=O) groups is 1. The van der Waals surface area contributed by atoms with Crippen molar-refractivity contribution in [3.05, 3.63) is 35.4 Å². The molecule has 1 amide bonds. The number of hydrogen-bond acceptors (Lipinski definition) is 2. The first-order valence-corrected chi connectivity index (χ1v) is 6.32. The molecule has 0 unspecified atom stereocenters. The molecule has 0 aliphatic heterocycles. The maximum atomic E-state index is 11.7. The Morgan fingerprint density at radius 2 is 1.83 bits per heavy atom. The van der Waals surface area contributed by atoms with E-state index in [0.29, 0.717) is 12.6 Å². The molecule has 0 atom stereocenters. The lowest BCUT2D eigenvalue weighted by atomic mass is 10.1. The summed E-state index contributed by atoms with van der Waals surface area (Å²) in [6.45, 7) is 2.96. The molecule has 0 saturated heterocycles. The van der Waals surface area contributed by atoms with E-state index in [1.807, 2.05) is 4.90 Å². The average Bonchev–Trinajstić information content (AvgIpc) is 3.20. The second-order valence-corrected chi connectivity index (χ2v) is 4.63. The van der Waals surface area contributed by atoms with E-state index < -0.39 is 0 Å². The summed E-state index contributed by atoms with van der Waals surface area (Å²) in [5.74, 6) is 0.0621. The first-order chi connectivity index (χ1) is 8.24. The Bertz CT molecular complexity index is 387. The van der Waals surface area contributed by atoms with Gasteiger partial charge >= 0.3 is 0 Å². The second kappa shape index (κ2) is 6.76. The SMILES string of the molecule is CCc1ccc(CN(C(=O)CN)C2CC2)cc1.Cl. The summed E-state index contributed by atoms with van der Waals surface area (Å²) >= 11 is 0. The Labute approximate surface area is 115 Å². The van der Waals surface area contributed by atoms with Crippen LogP contribution in [0.2, 0.25) is 0 Å². The minimum absolute atomic E-state index is 0. The van der Waals surface area contributed by atoms with E-state index in [2.05, 4.69) is 31.2 Å². The third-order valence-corrected chi connectivity index (χ3v) is 3.27. The van der Waals surface area contributed by atoms with Gasteiger partial charge in [0.05, 0.1) is 6.54 Å². The molecule has 2 N–H and O–H groups in total. The molecule has 18 heavy (non-hydrogen) atoms. The molecule has 4 heteroatoms. The van der Waals surface area contributed by atoms with Gasteiger partial charge in [-0.3, -0.25) is 4.79 Å². The van der Waals surface area contributed by atoms with Crippen molar-refractivity contribution in [3.8, 4) is 0 Å². The van der Waals surface area contributed by atoms with Gasteiger partial charge in [-0.1, -0.05) is 31.2 Å². The van der Waals surface area contributed by atoms with Gasteiger partial charge in [-0.25, -0.2) is 0 Å². The van der Waals surface area contributed by atoms with Crippen LogP contribution in [0, 0.1) is 0 Å². The third kappa shape index (κ3) is 3.72. The van der Waals surface area contributed by atoms with Crippen LogP contribution in [-0.2, 0) is 17.8 Å². The Morgan fingerprint density at radius 3 is 2.28 bits per heavy atom. The first-order valence-electron chi connectivity index (χ1n) is 6.32. The number of carbonyl (C=O) groups excluding carboxylic acids is 1. The fraction of sp³-hybridized carbons (Fsp3) is 0.500. The Morgan fingerprint density at radius 1 is 1.28 bits per heavy atom. The number of rotatable bonds is 5. The smallest absolute Gasteiger partial charge is 0.236 e. The molecule has 1 aliphatic rings. The summed E-state index contributed by atoms with van der Waals surface area (Å²) in [4.78, 5) is 13.6. The summed E-state index contributed by atoms with van der Waals surface area (Å²) in [5, 5.41) is 0. The lowest BCUT2D eigenvalue weighted by Crippen LogP contribution is -2.37. The maximum absolute atomic E-state index is 11.7. The van der Waals surface area contributed by atoms with Crippen LogP contribution in [0.5, 0.6) is 0 Å². The lowest BCUT2D eigenvalue weighted by molar-refractivity contribution is -0.130. The molecule has 0 bridgehead atoms. The number of halogens is 1. The van der Waals surface area contributed by atoms with Gasteiger partial charge in [-0.05, 0) is 30.4 Å². The van der Waals surface area contributed by atoms with Gasteiger partial charge in [-0.15, -0.1) is 12.4 Å². The van der Waals surface area contributed by atoms with Gasteiger partial charge in [-0.2, -0.15) is 0 Å². The molecule has 0 radical (unpaired) electrons. The maximum Gasteiger partial charge on any atom is 0.236 e. The summed E-state index contributed by atoms with van der Waals surface area (Å²) in [6, 6.07) is 8.91. The van der Waals surface area contributed by atoms with E-state index in [1.165, 1.54) is 11.1 Å². The topological polar surface area (TPSA) is 46.3 Å². The standard InChI is InChI=1S/C14H20N2O.ClH/c1-2-11-3-5-12(6-4-11)10-16(13-7-8-13)14(17)9-15;/h3-6,13H,2,7-10,15H2,1H3;1H. The predicted octanol–water partition coefficient (Wildman–Crippen LogP) is 2.12. The van der Waals surface area contributed by atoms with E-state index in [9.17, 15) is 4.79 Å². The minimum atomic E-state index is 0. The van der Waals surface area contributed by atoms with Crippen LogP contribution in [0.1, 0.15) is 30.9 Å². The van der Waals surface area contributed by atoms with Crippen LogP contribution in [0.15, 0.2) is 24.3 Å². The zero-order valence-corrected chi connectivity index (χ0v) is 11.6. The summed E-state index contributed by atoms with van der Waals surface area (Å²) < 4.78 is 0. The molecule has 1 saturated carbocycles. The molecule has 0 spiro atoms. The molecule has 1 fully saturated rings. The highest BCUT2D eigenvalue weighted by molar-refractivity contribution is 5.85. The molecule has 100 valence electrons. The molecule has 0 heterocycles. The van der Waals surface area contributed by atoms with Crippen molar-refractivity contribution >= 4 is 18.3 Å². The van der Waals surface area contributed by atoms with Crippen LogP contribution in [0.3, 0.4) is 0 Å². The summed E-state index contributed by atoms with van der Waals surface area (Å²) in [6.07, 6.45) is 3.30. The number of aryl methyl sites for hydroxylation is 1. The van der Waals surface area contributed by atoms with E-state index in [-0.39, 0.29) is 24.9 Å². The molecular weight excluding hydrogens is 248 g/mol. The fourth-order valence-electron chi connectivity index (χ4n) is 2.00. The Balaban J connectivity index is 0.00000162. The number of nitrogens with two attached hydrogens (primary N) is 1. The van der Waals surface area contributed by atoms with Gasteiger partial charge in [0.25, 0.3) is 0 Å². The molecule has 1 aromatic carbocycles. The zero-order valence-electron chi connectivity index (χ0n) is 10.8. The number of amides is 1. The highest BCUT2D eigenvalue weighted by atomic mass is 35.5. The van der Waals surface area contributed by atoms with E-state index in [4.69, 9.17) is 5.73 Å². The van der Waals surface area contributed by atoms with Gasteiger partial charge in [0.15, 0.2) is 0 Å². The lowest BCUT2D eigenvalue weighted by Gasteiger charge is -2.21. The fourth-order valence-corrected chi connectivity index (χ4v) is 2.00. The second-order valence-electron chi connectivity index (χ2n) is 4.63. The van der Waals surface area contributed by atoms with Gasteiger partial charge in [0.2, 0.25) is 5.91 Å². The van der Waals surface area contributed by atoms with Crippen LogP contribution in [0.4, 0.5) is 0 Å². The molecule has 2 rings (SSSR count). The van der Waals surface area contributed by atoms with Crippen molar-refractivity contribution in [2.75, 3.05) is 6.54 Å². The molecule has 0 aromatic heterocycles. The quantitative estimate of drug-likeness (QED) is 0.889. The van der Waals surface area contributed by atoms with Crippen LogP contribution in [-0.4, -0.2) is 23.4 Å². The van der Waals surface area contributed by atoms with Gasteiger partial charge < -0.3 is 10.6 Å². The third-order valence-electron chi connectivity index (χ3n) is 3.27. The van der Waals surface area contributed by atoms with Crippen molar-refractivity contribution in [3.63, 3.8) is 0 Å². The average molecular weight is 269 g/mol. The molecule has 3 nitrogen and oxygen atoms in total. The van der Waals surface area contributed by atoms with Crippen LogP contribution in [0.25, 0.3) is 0 Å². The predicted molar refractivity (Wildman–Crippen MR) is 75.7 cm³/mol. The number of benzene rings is 1. The zero-order chi connectivity index (χ0) is 12.3. The van der Waals surface area contributed by atoms with Gasteiger partial charge in [0.1, 0.15) is 0 Å². The van der Waals surface area contributed by atoms with Crippen molar-refractivity contribution in [1.82, 2.24) is 4.90 Å². The van der Waals surface area contributed by atoms with Crippen molar-refractivity contribution < 1.29 is 4.79 Å². The number of nitrogens with zero attached hydrogens (tertiary/aromatic N) is 1. The first kappa shape index (κ1) is 15.0. The molecular formula is C14H21ClN2O. The Hall–Kier alpha value is -1.06. The van der Waals surface area contributed by atoms with E-state index in [0.717, 1.165) is 19.3 Å². The van der Waals surface area contributed by atoms with Crippen molar-refractivity contribution in [1.29, 1.82) is 0 Å². The summed E-state index contributed by atoms with van der Waals surface area (Å²) in [7, 11) is 0. The van der Waals surface area contributed by atoms with Crippen LogP contribution < -0.4 is 5.73 Å². The molecule has 1 aromatic rings.